The number of hydrogen-bond donors (Lipinski definition) is 2. The van der Waals surface area contributed by atoms with Crippen molar-refractivity contribution in [3.05, 3.63) is 76.0 Å². The summed E-state index contributed by atoms with van der Waals surface area (Å²) in [6.07, 6.45) is 1.61. The van der Waals surface area contributed by atoms with Crippen LogP contribution in [0.5, 0.6) is 11.5 Å². The molecule has 0 saturated carbocycles. The third-order valence-electron chi connectivity index (χ3n) is 6.17. The van der Waals surface area contributed by atoms with Gasteiger partial charge in [0.1, 0.15) is 0 Å². The van der Waals surface area contributed by atoms with Crippen LogP contribution in [0, 0.1) is 0 Å². The number of hydrogen-bond acceptors (Lipinski definition) is 6. The molecule has 2 aromatic carbocycles. The second kappa shape index (κ2) is 9.25. The van der Waals surface area contributed by atoms with E-state index in [4.69, 9.17) is 14.2 Å². The van der Waals surface area contributed by atoms with Gasteiger partial charge >= 0.3 is 0 Å². The van der Waals surface area contributed by atoms with Crippen LogP contribution in [0.1, 0.15) is 38.4 Å². The van der Waals surface area contributed by atoms with Crippen LogP contribution in [0.3, 0.4) is 0 Å². The number of carbonyl (C=O) groups excluding carboxylic acids is 2. The molecule has 3 heterocycles. The Morgan fingerprint density at radius 3 is 2.48 bits per heavy atom. The van der Waals surface area contributed by atoms with Crippen LogP contribution in [0.25, 0.3) is 0 Å². The smallest absolute Gasteiger partial charge is 0.265 e. The predicted octanol–water partition coefficient (Wildman–Crippen LogP) is 4.21. The fourth-order valence-corrected chi connectivity index (χ4v) is 4.83. The SMILES string of the molecule is O=C(NCC1(c2ccc3c(c2)OCO3)CCOCC1)c1ccc(NC(=O)c2cccs2)cc1. The fourth-order valence-electron chi connectivity index (χ4n) is 4.21. The van der Waals surface area contributed by atoms with Crippen LogP contribution in [0.15, 0.2) is 60.0 Å². The maximum atomic E-state index is 12.9. The monoisotopic (exact) mass is 464 g/mol. The van der Waals surface area contributed by atoms with Gasteiger partial charge in [-0.1, -0.05) is 12.1 Å². The second-order valence-electron chi connectivity index (χ2n) is 8.15. The summed E-state index contributed by atoms with van der Waals surface area (Å²) < 4.78 is 16.6. The van der Waals surface area contributed by atoms with E-state index < -0.39 is 0 Å². The molecule has 1 saturated heterocycles. The molecule has 3 aromatic rings. The number of fused-ring (bicyclic) bond motifs is 1. The Morgan fingerprint density at radius 2 is 1.73 bits per heavy atom. The van der Waals surface area contributed by atoms with Gasteiger partial charge in [0.05, 0.1) is 4.88 Å². The average molecular weight is 465 g/mol. The number of rotatable bonds is 6. The van der Waals surface area contributed by atoms with Gasteiger partial charge in [0.15, 0.2) is 11.5 Å². The van der Waals surface area contributed by atoms with Crippen LogP contribution in [-0.4, -0.2) is 38.4 Å². The van der Waals surface area contributed by atoms with E-state index in [1.165, 1.54) is 11.3 Å². The van der Waals surface area contributed by atoms with Crippen LogP contribution in [0.2, 0.25) is 0 Å². The van der Waals surface area contributed by atoms with Crippen LogP contribution in [-0.2, 0) is 10.2 Å². The van der Waals surface area contributed by atoms with Gasteiger partial charge in [-0.15, -0.1) is 11.3 Å². The molecule has 33 heavy (non-hydrogen) atoms. The topological polar surface area (TPSA) is 85.9 Å². The van der Waals surface area contributed by atoms with Gasteiger partial charge in [0.2, 0.25) is 6.79 Å². The zero-order valence-electron chi connectivity index (χ0n) is 18.0. The molecule has 0 bridgehead atoms. The Morgan fingerprint density at radius 1 is 0.939 bits per heavy atom. The molecule has 0 aliphatic carbocycles. The lowest BCUT2D eigenvalue weighted by Gasteiger charge is -2.38. The normalized spacial score (nSPS) is 16.2. The minimum Gasteiger partial charge on any atom is -0.454 e. The van der Waals surface area contributed by atoms with Gasteiger partial charge in [-0.05, 0) is 66.2 Å². The van der Waals surface area contributed by atoms with Gasteiger partial charge in [0.25, 0.3) is 11.8 Å². The molecule has 0 radical (unpaired) electrons. The van der Waals surface area contributed by atoms with Crippen molar-refractivity contribution in [3.8, 4) is 11.5 Å². The van der Waals surface area contributed by atoms with E-state index in [-0.39, 0.29) is 24.0 Å². The molecule has 5 rings (SSSR count). The molecule has 1 fully saturated rings. The van der Waals surface area contributed by atoms with Crippen molar-refractivity contribution < 1.29 is 23.8 Å². The zero-order valence-corrected chi connectivity index (χ0v) is 18.8. The number of thiophene rings is 1. The van der Waals surface area contributed by atoms with Crippen molar-refractivity contribution in [2.45, 2.75) is 18.3 Å². The molecular formula is C25H24N2O5S. The number of benzene rings is 2. The Bertz CT molecular complexity index is 1140. The summed E-state index contributed by atoms with van der Waals surface area (Å²) in [5.41, 5.74) is 2.06. The van der Waals surface area contributed by atoms with Crippen LogP contribution < -0.4 is 20.1 Å². The Hall–Kier alpha value is -3.36. The molecule has 2 aliphatic rings. The Kier molecular flexibility index (Phi) is 6.02. The molecule has 0 atom stereocenters. The van der Waals surface area contributed by atoms with E-state index in [0.717, 1.165) is 29.9 Å². The van der Waals surface area contributed by atoms with E-state index in [2.05, 4.69) is 16.7 Å². The fraction of sp³-hybridized carbons (Fsp3) is 0.280. The number of nitrogens with one attached hydrogen (secondary N) is 2. The lowest BCUT2D eigenvalue weighted by atomic mass is 9.74. The highest BCUT2D eigenvalue weighted by Gasteiger charge is 2.36. The minimum absolute atomic E-state index is 0.155. The van der Waals surface area contributed by atoms with Gasteiger partial charge in [0, 0.05) is 36.4 Å². The number of ether oxygens (including phenoxy) is 3. The first-order chi connectivity index (χ1) is 16.1. The van der Waals surface area contributed by atoms with E-state index >= 15 is 0 Å². The quantitative estimate of drug-likeness (QED) is 0.571. The molecule has 7 nitrogen and oxygen atoms in total. The average Bonchev–Trinajstić information content (AvgIpc) is 3.55. The third-order valence-corrected chi connectivity index (χ3v) is 7.04. The summed E-state index contributed by atoms with van der Waals surface area (Å²) in [6, 6.07) is 16.5. The summed E-state index contributed by atoms with van der Waals surface area (Å²) in [5.74, 6) is 1.17. The van der Waals surface area contributed by atoms with Crippen molar-refractivity contribution in [2.75, 3.05) is 31.9 Å². The standard InChI is InChI=1S/C25H24N2O5S/c28-23(17-3-6-19(7-4-17)27-24(29)22-2-1-13-33-22)26-15-25(9-11-30-12-10-25)18-5-8-20-21(14-18)32-16-31-20/h1-8,13-14H,9-12,15-16H2,(H,26,28)(H,27,29). The second-order valence-corrected chi connectivity index (χ2v) is 9.10. The van der Waals surface area contributed by atoms with Crippen LogP contribution >= 0.6 is 11.3 Å². The lowest BCUT2D eigenvalue weighted by molar-refractivity contribution is 0.0486. The largest absolute Gasteiger partial charge is 0.454 e. The van der Waals surface area contributed by atoms with E-state index in [1.807, 2.05) is 23.6 Å². The van der Waals surface area contributed by atoms with Crippen molar-refractivity contribution in [3.63, 3.8) is 0 Å². The van der Waals surface area contributed by atoms with Gasteiger partial charge in [-0.2, -0.15) is 0 Å². The molecular weight excluding hydrogens is 440 g/mol. The first-order valence-corrected chi connectivity index (χ1v) is 11.7. The molecule has 2 N–H and O–H groups in total. The van der Waals surface area contributed by atoms with Crippen molar-refractivity contribution in [2.24, 2.45) is 0 Å². The zero-order chi connectivity index (χ0) is 22.7. The molecule has 0 unspecified atom stereocenters. The maximum absolute atomic E-state index is 12.9. The summed E-state index contributed by atoms with van der Waals surface area (Å²) >= 11 is 1.38. The highest BCUT2D eigenvalue weighted by molar-refractivity contribution is 7.12. The van der Waals surface area contributed by atoms with Crippen LogP contribution in [0.4, 0.5) is 5.69 Å². The Balaban J connectivity index is 1.26. The summed E-state index contributed by atoms with van der Waals surface area (Å²) in [6.45, 7) is 2.01. The van der Waals surface area contributed by atoms with Gasteiger partial charge < -0.3 is 24.8 Å². The van der Waals surface area contributed by atoms with E-state index in [1.54, 1.807) is 30.3 Å². The molecule has 2 amide bonds. The van der Waals surface area contributed by atoms with E-state index in [9.17, 15) is 9.59 Å². The van der Waals surface area contributed by atoms with Gasteiger partial charge in [-0.25, -0.2) is 0 Å². The Labute approximate surface area is 195 Å². The number of anilines is 1. The highest BCUT2D eigenvalue weighted by atomic mass is 32.1. The van der Waals surface area contributed by atoms with Crippen molar-refractivity contribution in [1.29, 1.82) is 0 Å². The molecule has 1 aromatic heterocycles. The highest BCUT2D eigenvalue weighted by Crippen LogP contribution is 2.40. The third kappa shape index (κ3) is 4.58. The van der Waals surface area contributed by atoms with E-state index in [0.29, 0.717) is 35.9 Å². The minimum atomic E-state index is -0.233. The lowest BCUT2D eigenvalue weighted by Crippen LogP contribution is -2.44. The molecule has 0 spiro atoms. The summed E-state index contributed by atoms with van der Waals surface area (Å²) in [5, 5.41) is 7.81. The number of carbonyl (C=O) groups is 2. The summed E-state index contributed by atoms with van der Waals surface area (Å²) in [7, 11) is 0. The first-order valence-electron chi connectivity index (χ1n) is 10.8. The van der Waals surface area contributed by atoms with Gasteiger partial charge in [-0.3, -0.25) is 9.59 Å². The van der Waals surface area contributed by atoms with Crippen molar-refractivity contribution >= 4 is 28.8 Å². The van der Waals surface area contributed by atoms with Crippen molar-refractivity contribution in [1.82, 2.24) is 5.32 Å². The summed E-state index contributed by atoms with van der Waals surface area (Å²) in [4.78, 5) is 25.7. The molecule has 2 aliphatic heterocycles. The first kappa shape index (κ1) is 21.5. The molecule has 170 valence electrons. The predicted molar refractivity (Wildman–Crippen MR) is 125 cm³/mol. The maximum Gasteiger partial charge on any atom is 0.265 e. The molecule has 8 heteroatoms. The number of amides is 2.